The molecule has 0 heterocycles. The van der Waals surface area contributed by atoms with Crippen LogP contribution in [0.25, 0.3) is 0 Å². The first-order valence-electron chi connectivity index (χ1n) is 4.05. The number of carboxylic acids is 1. The molecule has 17 heavy (non-hydrogen) atoms. The van der Waals surface area contributed by atoms with Crippen molar-refractivity contribution in [1.29, 1.82) is 0 Å². The molecule has 1 N–H and O–H groups in total. The van der Waals surface area contributed by atoms with Gasteiger partial charge in [-0.2, -0.15) is 12.8 Å². The van der Waals surface area contributed by atoms with Gasteiger partial charge in [0.25, 0.3) is 10.0 Å². The second-order valence-electron chi connectivity index (χ2n) is 2.85. The molecule has 0 aliphatic carbocycles. The van der Waals surface area contributed by atoms with Crippen molar-refractivity contribution in [2.75, 3.05) is 7.05 Å². The molecule has 1 aromatic carbocycles. The van der Waals surface area contributed by atoms with Gasteiger partial charge < -0.3 is 5.11 Å². The molecule has 0 aliphatic heterocycles. The van der Waals surface area contributed by atoms with Crippen molar-refractivity contribution in [3.63, 3.8) is 0 Å². The number of carboxylic acid groups (broad SMARTS) is 1. The second kappa shape index (κ2) is 6.10. The van der Waals surface area contributed by atoms with Crippen molar-refractivity contribution in [3.05, 3.63) is 34.7 Å². The SMILES string of the molecule is CN(N=O)S(=O)(=O)c1cccc(C(=O)O)c1.[NaH]. The van der Waals surface area contributed by atoms with E-state index in [4.69, 9.17) is 5.11 Å². The fraction of sp³-hybridized carbons (Fsp3) is 0.125. The average molecular weight is 268 g/mol. The zero-order valence-corrected chi connectivity index (χ0v) is 9.01. The van der Waals surface area contributed by atoms with Crippen LogP contribution in [0.4, 0.5) is 0 Å². The van der Waals surface area contributed by atoms with Gasteiger partial charge >= 0.3 is 35.5 Å². The number of hydrogen-bond acceptors (Lipinski definition) is 5. The first-order valence-corrected chi connectivity index (χ1v) is 5.49. The van der Waals surface area contributed by atoms with E-state index >= 15 is 0 Å². The standard InChI is InChI=1S/C8H8N2O5S.Na.H/c1-10(9-13)16(14,15)7-4-2-3-6(5-7)8(11)12;;/h2-5H,1H3,(H,11,12);;. The molecule has 0 radical (unpaired) electrons. The molecule has 0 aliphatic rings. The van der Waals surface area contributed by atoms with Crippen LogP contribution in [0.2, 0.25) is 0 Å². The van der Waals surface area contributed by atoms with Gasteiger partial charge in [-0.05, 0) is 18.2 Å². The third-order valence-electron chi connectivity index (χ3n) is 1.84. The molecule has 0 bridgehead atoms. The van der Waals surface area contributed by atoms with Crippen LogP contribution in [0.3, 0.4) is 0 Å². The number of nitroso groups, excluding NO2 is 1. The molecule has 0 fully saturated rings. The summed E-state index contributed by atoms with van der Waals surface area (Å²) < 4.78 is 23.4. The van der Waals surface area contributed by atoms with Crippen LogP contribution in [-0.4, -0.2) is 60.5 Å². The molecule has 1 aromatic rings. The topological polar surface area (TPSA) is 104 Å². The van der Waals surface area contributed by atoms with Gasteiger partial charge in [0.1, 0.15) is 0 Å². The Morgan fingerprint density at radius 1 is 1.41 bits per heavy atom. The van der Waals surface area contributed by atoms with Gasteiger partial charge in [0, 0.05) is 7.05 Å². The quantitative estimate of drug-likeness (QED) is 0.471. The van der Waals surface area contributed by atoms with Crippen molar-refractivity contribution in [3.8, 4) is 0 Å². The minimum absolute atomic E-state index is 0. The van der Waals surface area contributed by atoms with Crippen LogP contribution in [0, 0.1) is 4.91 Å². The summed E-state index contributed by atoms with van der Waals surface area (Å²) in [6, 6.07) is 4.66. The molecule has 0 atom stereocenters. The van der Waals surface area contributed by atoms with E-state index in [1.165, 1.54) is 18.2 Å². The number of benzene rings is 1. The predicted molar refractivity (Wildman–Crippen MR) is 61.3 cm³/mol. The van der Waals surface area contributed by atoms with Gasteiger partial charge in [-0.15, -0.1) is 4.91 Å². The van der Waals surface area contributed by atoms with Crippen LogP contribution in [0.15, 0.2) is 34.4 Å². The Morgan fingerprint density at radius 3 is 2.47 bits per heavy atom. The summed E-state index contributed by atoms with van der Waals surface area (Å²) in [4.78, 5) is 20.5. The molecule has 0 unspecified atom stereocenters. The third kappa shape index (κ3) is 3.50. The van der Waals surface area contributed by atoms with Gasteiger partial charge in [0.05, 0.1) is 15.7 Å². The first kappa shape index (κ1) is 16.0. The van der Waals surface area contributed by atoms with E-state index < -0.39 is 16.0 Å². The van der Waals surface area contributed by atoms with Crippen molar-refractivity contribution in [2.24, 2.45) is 5.29 Å². The molecule has 7 nitrogen and oxygen atoms in total. The zero-order valence-electron chi connectivity index (χ0n) is 8.19. The van der Waals surface area contributed by atoms with E-state index in [9.17, 15) is 18.1 Å². The predicted octanol–water partition coefficient (Wildman–Crippen LogP) is 0.0382. The van der Waals surface area contributed by atoms with Crippen molar-refractivity contribution < 1.29 is 18.3 Å². The van der Waals surface area contributed by atoms with Gasteiger partial charge in [0.2, 0.25) is 0 Å². The molecule has 0 aromatic heterocycles. The Labute approximate surface area is 120 Å². The molecule has 0 spiro atoms. The fourth-order valence-electron chi connectivity index (χ4n) is 0.986. The summed E-state index contributed by atoms with van der Waals surface area (Å²) in [6.45, 7) is 0. The minimum atomic E-state index is -4.05. The first-order chi connectivity index (χ1) is 7.39. The Morgan fingerprint density at radius 2 is 2.00 bits per heavy atom. The van der Waals surface area contributed by atoms with Gasteiger partial charge in [-0.1, -0.05) is 6.07 Å². The maximum atomic E-state index is 11.6. The molecule has 0 saturated heterocycles. The zero-order chi connectivity index (χ0) is 12.3. The summed E-state index contributed by atoms with van der Waals surface area (Å²) in [5.74, 6) is -1.25. The molecule has 0 saturated carbocycles. The van der Waals surface area contributed by atoms with E-state index in [1.54, 1.807) is 0 Å². The summed E-state index contributed by atoms with van der Waals surface area (Å²) in [7, 11) is -3.09. The van der Waals surface area contributed by atoms with E-state index in [2.05, 4.69) is 5.29 Å². The van der Waals surface area contributed by atoms with Crippen molar-refractivity contribution >= 4 is 45.5 Å². The van der Waals surface area contributed by atoms with Crippen LogP contribution in [-0.2, 0) is 10.0 Å². The summed E-state index contributed by atoms with van der Waals surface area (Å²) >= 11 is 0. The maximum absolute atomic E-state index is 11.6. The Hall–Kier alpha value is -0.960. The van der Waals surface area contributed by atoms with Crippen LogP contribution >= 0.6 is 0 Å². The van der Waals surface area contributed by atoms with Gasteiger partial charge in [-0.25, -0.2) is 4.79 Å². The molecule has 9 heteroatoms. The average Bonchev–Trinajstić information content (AvgIpc) is 2.28. The Balaban J connectivity index is 0.00000256. The number of carbonyl (C=O) groups is 1. The Bertz CT molecular complexity index is 530. The van der Waals surface area contributed by atoms with Crippen LogP contribution in [0.5, 0.6) is 0 Å². The number of rotatable bonds is 4. The second-order valence-corrected chi connectivity index (χ2v) is 4.80. The summed E-state index contributed by atoms with van der Waals surface area (Å²) in [5, 5.41) is 10.9. The number of nitrogens with zero attached hydrogens (tertiary/aromatic N) is 2. The van der Waals surface area contributed by atoms with E-state index in [0.717, 1.165) is 13.1 Å². The molecular formula is C8H9N2NaO5S. The number of hydrogen-bond donors (Lipinski definition) is 1. The van der Waals surface area contributed by atoms with Gasteiger partial charge in [0.15, 0.2) is 0 Å². The normalized spacial score (nSPS) is 10.2. The molecule has 88 valence electrons. The van der Waals surface area contributed by atoms with E-state index in [1.807, 2.05) is 0 Å². The molecule has 0 amide bonds. The van der Waals surface area contributed by atoms with Gasteiger partial charge in [-0.3, -0.25) is 0 Å². The fourth-order valence-corrected chi connectivity index (χ4v) is 1.91. The number of aromatic carboxylic acids is 1. The van der Waals surface area contributed by atoms with Crippen molar-refractivity contribution in [1.82, 2.24) is 4.41 Å². The van der Waals surface area contributed by atoms with E-state index in [-0.39, 0.29) is 44.4 Å². The molecule has 1 rings (SSSR count). The van der Waals surface area contributed by atoms with Crippen LogP contribution in [0.1, 0.15) is 10.4 Å². The third-order valence-corrected chi connectivity index (χ3v) is 3.45. The van der Waals surface area contributed by atoms with Crippen molar-refractivity contribution in [2.45, 2.75) is 4.90 Å². The monoisotopic (exact) mass is 268 g/mol. The van der Waals surface area contributed by atoms with Crippen LogP contribution < -0.4 is 0 Å². The summed E-state index contributed by atoms with van der Waals surface area (Å²) in [6.07, 6.45) is 0. The van der Waals surface area contributed by atoms with E-state index in [0.29, 0.717) is 0 Å². The summed E-state index contributed by atoms with van der Waals surface area (Å²) in [5.41, 5.74) is -0.180. The molecular weight excluding hydrogens is 259 g/mol. The number of sulfonamides is 1. The Kier molecular flexibility index (Phi) is 5.76.